The van der Waals surface area contributed by atoms with Crippen LogP contribution < -0.4 is 5.32 Å². The van der Waals surface area contributed by atoms with E-state index < -0.39 is 17.6 Å². The Morgan fingerprint density at radius 3 is 2.57 bits per heavy atom. The van der Waals surface area contributed by atoms with Crippen LogP contribution in [0, 0.1) is 0 Å². The monoisotopic (exact) mass is 434 g/mol. The van der Waals surface area contributed by atoms with Crippen molar-refractivity contribution in [2.45, 2.75) is 37.6 Å². The zero-order chi connectivity index (χ0) is 21.6. The van der Waals surface area contributed by atoms with Crippen LogP contribution in [0.4, 0.5) is 18.9 Å². The zero-order valence-corrected chi connectivity index (χ0v) is 17.1. The largest absolute Gasteiger partial charge is 0.416 e. The second-order valence-electron chi connectivity index (χ2n) is 6.63. The molecule has 0 bridgehead atoms. The van der Waals surface area contributed by atoms with Gasteiger partial charge in [-0.25, -0.2) is 0 Å². The lowest BCUT2D eigenvalue weighted by Crippen LogP contribution is -2.15. The van der Waals surface area contributed by atoms with Gasteiger partial charge in [0.05, 0.1) is 11.3 Å². The van der Waals surface area contributed by atoms with Gasteiger partial charge < -0.3 is 9.88 Å². The van der Waals surface area contributed by atoms with E-state index in [1.165, 1.54) is 23.9 Å². The van der Waals surface area contributed by atoms with E-state index in [0.29, 0.717) is 18.1 Å². The number of hydrogen-bond acceptors (Lipinski definition) is 4. The van der Waals surface area contributed by atoms with Gasteiger partial charge in [0.25, 0.3) is 0 Å². The maximum atomic E-state index is 12.8. The molecule has 0 aliphatic heterocycles. The number of amides is 1. The Balaban J connectivity index is 1.64. The molecule has 158 valence electrons. The van der Waals surface area contributed by atoms with Gasteiger partial charge in [0.15, 0.2) is 5.16 Å². The van der Waals surface area contributed by atoms with Crippen molar-refractivity contribution in [2.75, 3.05) is 11.1 Å². The molecular weight excluding hydrogens is 413 g/mol. The molecule has 1 amide bonds. The van der Waals surface area contributed by atoms with E-state index in [9.17, 15) is 18.0 Å². The van der Waals surface area contributed by atoms with E-state index in [1.807, 2.05) is 41.8 Å². The SMILES string of the molecule is CCCn1c(Cc2ccccc2)nnc1SCC(=O)Nc1cccc(C(F)(F)F)c1. The minimum absolute atomic E-state index is 0.0173. The average Bonchev–Trinajstić information content (AvgIpc) is 3.08. The van der Waals surface area contributed by atoms with Crippen LogP contribution in [0.5, 0.6) is 0 Å². The summed E-state index contributed by atoms with van der Waals surface area (Å²) in [5, 5.41) is 11.6. The molecule has 0 radical (unpaired) electrons. The molecule has 0 saturated heterocycles. The van der Waals surface area contributed by atoms with Crippen molar-refractivity contribution in [3.05, 3.63) is 71.5 Å². The summed E-state index contributed by atoms with van der Waals surface area (Å²) in [4.78, 5) is 12.2. The van der Waals surface area contributed by atoms with Gasteiger partial charge in [-0.05, 0) is 30.2 Å². The molecule has 0 spiro atoms. The third kappa shape index (κ3) is 5.85. The van der Waals surface area contributed by atoms with E-state index in [4.69, 9.17) is 0 Å². The van der Waals surface area contributed by atoms with E-state index in [0.717, 1.165) is 29.9 Å². The summed E-state index contributed by atoms with van der Waals surface area (Å²) >= 11 is 1.21. The molecule has 0 unspecified atom stereocenters. The number of hydrogen-bond donors (Lipinski definition) is 1. The van der Waals surface area contributed by atoms with Crippen molar-refractivity contribution < 1.29 is 18.0 Å². The van der Waals surface area contributed by atoms with Crippen molar-refractivity contribution in [1.82, 2.24) is 14.8 Å². The van der Waals surface area contributed by atoms with E-state index in [-0.39, 0.29) is 11.4 Å². The van der Waals surface area contributed by atoms with Gasteiger partial charge in [-0.1, -0.05) is 55.1 Å². The van der Waals surface area contributed by atoms with E-state index >= 15 is 0 Å². The molecule has 30 heavy (non-hydrogen) atoms. The van der Waals surface area contributed by atoms with Crippen LogP contribution in [0.1, 0.15) is 30.3 Å². The first-order valence-corrected chi connectivity index (χ1v) is 10.4. The van der Waals surface area contributed by atoms with Gasteiger partial charge in [0, 0.05) is 18.7 Å². The fourth-order valence-corrected chi connectivity index (χ4v) is 3.67. The zero-order valence-electron chi connectivity index (χ0n) is 16.3. The number of carbonyl (C=O) groups is 1. The first kappa shape index (κ1) is 21.9. The van der Waals surface area contributed by atoms with Crippen LogP contribution in [0.25, 0.3) is 0 Å². The number of benzene rings is 2. The molecule has 1 aromatic heterocycles. The summed E-state index contributed by atoms with van der Waals surface area (Å²) in [5.74, 6) is 0.419. The van der Waals surface area contributed by atoms with Crippen molar-refractivity contribution >= 4 is 23.4 Å². The highest BCUT2D eigenvalue weighted by atomic mass is 32.2. The maximum absolute atomic E-state index is 12.8. The van der Waals surface area contributed by atoms with E-state index in [2.05, 4.69) is 15.5 Å². The molecule has 1 N–H and O–H groups in total. The number of carbonyl (C=O) groups excluding carboxylic acids is 1. The topological polar surface area (TPSA) is 59.8 Å². The molecular formula is C21H21F3N4OS. The smallest absolute Gasteiger partial charge is 0.325 e. The van der Waals surface area contributed by atoms with Crippen LogP contribution in [-0.4, -0.2) is 26.4 Å². The lowest BCUT2D eigenvalue weighted by molar-refractivity contribution is -0.137. The highest BCUT2D eigenvalue weighted by molar-refractivity contribution is 7.99. The minimum Gasteiger partial charge on any atom is -0.325 e. The summed E-state index contributed by atoms with van der Waals surface area (Å²) in [7, 11) is 0. The van der Waals surface area contributed by atoms with Gasteiger partial charge in [-0.2, -0.15) is 13.2 Å². The Hall–Kier alpha value is -2.81. The molecule has 1 heterocycles. The summed E-state index contributed by atoms with van der Waals surface area (Å²) in [6.07, 6.45) is -2.95. The molecule has 9 heteroatoms. The quantitative estimate of drug-likeness (QED) is 0.505. The second-order valence-corrected chi connectivity index (χ2v) is 7.57. The molecule has 0 aliphatic carbocycles. The average molecular weight is 434 g/mol. The standard InChI is InChI=1S/C21H21F3N4OS/c1-2-11-28-18(12-15-7-4-3-5-8-15)26-27-20(28)30-14-19(29)25-17-10-6-9-16(13-17)21(22,23)24/h3-10,13H,2,11-12,14H2,1H3,(H,25,29). The first-order chi connectivity index (χ1) is 14.4. The summed E-state index contributed by atoms with van der Waals surface area (Å²) < 4.78 is 40.4. The van der Waals surface area contributed by atoms with Crippen molar-refractivity contribution in [3.63, 3.8) is 0 Å². The van der Waals surface area contributed by atoms with Crippen LogP contribution in [0.3, 0.4) is 0 Å². The van der Waals surface area contributed by atoms with Crippen LogP contribution >= 0.6 is 11.8 Å². The summed E-state index contributed by atoms with van der Waals surface area (Å²) in [6.45, 7) is 2.76. The number of anilines is 1. The molecule has 0 saturated carbocycles. The maximum Gasteiger partial charge on any atom is 0.416 e. The predicted octanol–water partition coefficient (Wildman–Crippen LogP) is 5.03. The van der Waals surface area contributed by atoms with Gasteiger partial charge in [-0.15, -0.1) is 10.2 Å². The normalized spacial score (nSPS) is 11.5. The molecule has 3 rings (SSSR count). The highest BCUT2D eigenvalue weighted by Gasteiger charge is 2.30. The first-order valence-electron chi connectivity index (χ1n) is 9.42. The molecule has 0 fully saturated rings. The van der Waals surface area contributed by atoms with Gasteiger partial charge in [-0.3, -0.25) is 4.79 Å². The fraction of sp³-hybridized carbons (Fsp3) is 0.286. The van der Waals surface area contributed by atoms with Crippen LogP contribution in [0.15, 0.2) is 59.8 Å². The molecule has 5 nitrogen and oxygen atoms in total. The highest BCUT2D eigenvalue weighted by Crippen LogP contribution is 2.30. The third-order valence-corrected chi connectivity index (χ3v) is 5.22. The molecule has 0 aliphatic rings. The number of alkyl halides is 3. The Morgan fingerprint density at radius 2 is 1.87 bits per heavy atom. The number of nitrogens with zero attached hydrogens (tertiary/aromatic N) is 3. The Morgan fingerprint density at radius 1 is 1.10 bits per heavy atom. The number of rotatable bonds is 8. The Bertz CT molecular complexity index is 989. The number of thioether (sulfide) groups is 1. The molecule has 0 atom stereocenters. The fourth-order valence-electron chi connectivity index (χ4n) is 2.88. The molecule has 2 aromatic carbocycles. The third-order valence-electron chi connectivity index (χ3n) is 4.25. The predicted molar refractivity (Wildman–Crippen MR) is 110 cm³/mol. The number of nitrogens with one attached hydrogen (secondary N) is 1. The Kier molecular flexibility index (Phi) is 7.15. The minimum atomic E-state index is -4.46. The summed E-state index contributed by atoms with van der Waals surface area (Å²) in [5.41, 5.74) is 0.414. The van der Waals surface area contributed by atoms with Gasteiger partial charge in [0.2, 0.25) is 5.91 Å². The van der Waals surface area contributed by atoms with Crippen LogP contribution in [-0.2, 0) is 23.9 Å². The number of halogens is 3. The van der Waals surface area contributed by atoms with Gasteiger partial charge >= 0.3 is 6.18 Å². The van der Waals surface area contributed by atoms with Crippen molar-refractivity contribution in [3.8, 4) is 0 Å². The second kappa shape index (κ2) is 9.80. The van der Waals surface area contributed by atoms with Gasteiger partial charge in [0.1, 0.15) is 5.82 Å². The lowest BCUT2D eigenvalue weighted by atomic mass is 10.1. The van der Waals surface area contributed by atoms with Crippen molar-refractivity contribution in [2.24, 2.45) is 0 Å². The lowest BCUT2D eigenvalue weighted by Gasteiger charge is -2.10. The Labute approximate surface area is 176 Å². The number of aromatic nitrogens is 3. The summed E-state index contributed by atoms with van der Waals surface area (Å²) in [6, 6.07) is 14.5. The van der Waals surface area contributed by atoms with Crippen LogP contribution in [0.2, 0.25) is 0 Å². The van der Waals surface area contributed by atoms with Crippen molar-refractivity contribution in [1.29, 1.82) is 0 Å². The molecule has 3 aromatic rings. The van der Waals surface area contributed by atoms with E-state index in [1.54, 1.807) is 0 Å².